The van der Waals surface area contributed by atoms with Crippen molar-refractivity contribution >= 4 is 17.5 Å². The summed E-state index contributed by atoms with van der Waals surface area (Å²) in [7, 11) is 1.81. The van der Waals surface area contributed by atoms with E-state index in [1.165, 1.54) is 0 Å². The predicted molar refractivity (Wildman–Crippen MR) is 79.8 cm³/mol. The highest BCUT2D eigenvalue weighted by Crippen LogP contribution is 2.17. The average molecular weight is 304 g/mol. The van der Waals surface area contributed by atoms with Gasteiger partial charge < -0.3 is 10.4 Å². The van der Waals surface area contributed by atoms with E-state index in [1.807, 2.05) is 13.1 Å². The first-order chi connectivity index (χ1) is 10.1. The maximum absolute atomic E-state index is 12.1. The number of rotatable bonds is 3. The number of carbonyl (C=O) groups is 1. The van der Waals surface area contributed by atoms with E-state index in [-0.39, 0.29) is 12.5 Å². The first-order valence-electron chi connectivity index (χ1n) is 6.26. The Kier molecular flexibility index (Phi) is 4.99. The number of nitrogens with zero attached hydrogens (tertiary/aromatic N) is 2. The van der Waals surface area contributed by atoms with Gasteiger partial charge in [0.2, 0.25) is 0 Å². The van der Waals surface area contributed by atoms with Gasteiger partial charge in [0, 0.05) is 24.4 Å². The number of aromatic nitrogens is 2. The number of hydrogen-bond donors (Lipinski definition) is 2. The lowest BCUT2D eigenvalue weighted by molar-refractivity contribution is 0.0950. The summed E-state index contributed by atoms with van der Waals surface area (Å²) in [5, 5.41) is 15.9. The lowest BCUT2D eigenvalue weighted by Gasteiger charge is -2.06. The molecule has 108 valence electrons. The maximum Gasteiger partial charge on any atom is 0.251 e. The normalized spacial score (nSPS) is 9.86. The van der Waals surface area contributed by atoms with Crippen molar-refractivity contribution in [3.8, 4) is 11.8 Å². The highest BCUT2D eigenvalue weighted by molar-refractivity contribution is 6.32. The first kappa shape index (κ1) is 15.1. The average Bonchev–Trinajstić information content (AvgIpc) is 2.88. The topological polar surface area (TPSA) is 67.2 Å². The molecule has 0 unspecified atom stereocenters. The van der Waals surface area contributed by atoms with Gasteiger partial charge in [-0.1, -0.05) is 23.4 Å². The van der Waals surface area contributed by atoms with E-state index < -0.39 is 0 Å². The van der Waals surface area contributed by atoms with Gasteiger partial charge in [0.1, 0.15) is 6.61 Å². The minimum Gasteiger partial charge on any atom is -0.384 e. The molecular weight excluding hydrogens is 290 g/mol. The third kappa shape index (κ3) is 3.85. The zero-order chi connectivity index (χ0) is 15.2. The molecule has 2 aromatic rings. The van der Waals surface area contributed by atoms with Crippen molar-refractivity contribution in [3.63, 3.8) is 0 Å². The second kappa shape index (κ2) is 6.93. The summed E-state index contributed by atoms with van der Waals surface area (Å²) in [6.45, 7) is 0.155. The van der Waals surface area contributed by atoms with Crippen LogP contribution in [0.2, 0.25) is 5.02 Å². The highest BCUT2D eigenvalue weighted by Gasteiger charge is 2.08. The molecule has 2 rings (SSSR count). The lowest BCUT2D eigenvalue weighted by atomic mass is 10.1. The first-order valence-corrected chi connectivity index (χ1v) is 6.64. The Labute approximate surface area is 127 Å². The third-order valence-corrected chi connectivity index (χ3v) is 3.20. The molecule has 0 spiro atoms. The van der Waals surface area contributed by atoms with E-state index in [9.17, 15) is 4.79 Å². The van der Waals surface area contributed by atoms with Gasteiger partial charge in [0.15, 0.2) is 0 Å². The second-order valence-electron chi connectivity index (χ2n) is 4.28. The van der Waals surface area contributed by atoms with Crippen LogP contribution in [-0.2, 0) is 13.6 Å². The van der Waals surface area contributed by atoms with Crippen LogP contribution in [0.25, 0.3) is 0 Å². The minimum atomic E-state index is -0.233. The van der Waals surface area contributed by atoms with Crippen LogP contribution in [0.1, 0.15) is 21.6 Å². The Morgan fingerprint density at radius 1 is 1.48 bits per heavy atom. The van der Waals surface area contributed by atoms with Crippen molar-refractivity contribution in [2.45, 2.75) is 6.54 Å². The van der Waals surface area contributed by atoms with Gasteiger partial charge in [-0.3, -0.25) is 9.48 Å². The largest absolute Gasteiger partial charge is 0.384 e. The number of halogens is 1. The molecule has 0 aliphatic rings. The molecule has 21 heavy (non-hydrogen) atoms. The van der Waals surface area contributed by atoms with Gasteiger partial charge in [0.25, 0.3) is 5.91 Å². The molecule has 0 aliphatic carbocycles. The summed E-state index contributed by atoms with van der Waals surface area (Å²) in [4.78, 5) is 12.1. The molecule has 2 N–H and O–H groups in total. The zero-order valence-electron chi connectivity index (χ0n) is 11.4. The van der Waals surface area contributed by atoms with Crippen LogP contribution >= 0.6 is 11.6 Å². The third-order valence-electron chi connectivity index (χ3n) is 2.89. The molecule has 1 aromatic heterocycles. The molecule has 1 aromatic carbocycles. The van der Waals surface area contributed by atoms with E-state index in [1.54, 1.807) is 29.1 Å². The number of hydrogen-bond acceptors (Lipinski definition) is 3. The van der Waals surface area contributed by atoms with E-state index in [0.717, 1.165) is 5.69 Å². The molecule has 0 atom stereocenters. The molecule has 0 bridgehead atoms. The number of carbonyl (C=O) groups excluding carboxylic acids is 1. The van der Waals surface area contributed by atoms with Crippen LogP contribution in [-0.4, -0.2) is 27.4 Å². The quantitative estimate of drug-likeness (QED) is 0.841. The van der Waals surface area contributed by atoms with Gasteiger partial charge in [-0.25, -0.2) is 0 Å². The van der Waals surface area contributed by atoms with Crippen molar-refractivity contribution in [1.82, 2.24) is 15.1 Å². The van der Waals surface area contributed by atoms with Gasteiger partial charge >= 0.3 is 0 Å². The van der Waals surface area contributed by atoms with E-state index in [4.69, 9.17) is 16.7 Å². The van der Waals surface area contributed by atoms with Crippen LogP contribution in [0.5, 0.6) is 0 Å². The van der Waals surface area contributed by atoms with E-state index >= 15 is 0 Å². The Bertz CT molecular complexity index is 713. The smallest absolute Gasteiger partial charge is 0.251 e. The lowest BCUT2D eigenvalue weighted by Crippen LogP contribution is -2.24. The van der Waals surface area contributed by atoms with E-state index in [2.05, 4.69) is 22.3 Å². The molecule has 0 aliphatic heterocycles. The number of nitrogens with one attached hydrogen (secondary N) is 1. The minimum absolute atomic E-state index is 0.222. The number of amides is 1. The standard InChI is InChI=1S/C15H14ClN3O2/c1-19-13(6-7-18-19)10-17-15(21)12-5-4-11(3-2-8-20)14(16)9-12/h4-7,9,20H,8,10H2,1H3,(H,17,21). The van der Waals surface area contributed by atoms with Gasteiger partial charge in [0.05, 0.1) is 17.3 Å². The van der Waals surface area contributed by atoms with Crippen molar-refractivity contribution < 1.29 is 9.90 Å². The molecule has 1 amide bonds. The van der Waals surface area contributed by atoms with Crippen LogP contribution in [0, 0.1) is 11.8 Å². The SMILES string of the molecule is Cn1nccc1CNC(=O)c1ccc(C#CCO)c(Cl)c1. The summed E-state index contributed by atoms with van der Waals surface area (Å²) >= 11 is 6.06. The fraction of sp³-hybridized carbons (Fsp3) is 0.200. The number of aliphatic hydroxyl groups is 1. The summed E-state index contributed by atoms with van der Waals surface area (Å²) in [5.41, 5.74) is 1.94. The molecule has 0 fully saturated rings. The zero-order valence-corrected chi connectivity index (χ0v) is 12.2. The van der Waals surface area contributed by atoms with Crippen molar-refractivity contribution in [2.75, 3.05) is 6.61 Å². The Morgan fingerprint density at radius 2 is 2.29 bits per heavy atom. The maximum atomic E-state index is 12.1. The van der Waals surface area contributed by atoms with Crippen LogP contribution in [0.15, 0.2) is 30.5 Å². The number of aryl methyl sites for hydroxylation is 1. The van der Waals surface area contributed by atoms with Crippen molar-refractivity contribution in [2.24, 2.45) is 7.05 Å². The number of benzene rings is 1. The molecule has 5 nitrogen and oxygen atoms in total. The van der Waals surface area contributed by atoms with Crippen LogP contribution in [0.4, 0.5) is 0 Å². The summed E-state index contributed by atoms with van der Waals surface area (Å²) in [6, 6.07) is 6.69. The summed E-state index contributed by atoms with van der Waals surface area (Å²) < 4.78 is 1.70. The summed E-state index contributed by atoms with van der Waals surface area (Å²) in [6.07, 6.45) is 1.67. The molecule has 0 saturated carbocycles. The molecule has 6 heteroatoms. The van der Waals surface area contributed by atoms with Gasteiger partial charge in [-0.2, -0.15) is 5.10 Å². The fourth-order valence-electron chi connectivity index (χ4n) is 1.74. The second-order valence-corrected chi connectivity index (χ2v) is 4.69. The molecule has 0 radical (unpaired) electrons. The number of aliphatic hydroxyl groups excluding tert-OH is 1. The monoisotopic (exact) mass is 303 g/mol. The summed E-state index contributed by atoms with van der Waals surface area (Å²) in [5.74, 6) is 5.01. The predicted octanol–water partition coefficient (Wildman–Crippen LogP) is 1.35. The van der Waals surface area contributed by atoms with Crippen molar-refractivity contribution in [3.05, 3.63) is 52.3 Å². The van der Waals surface area contributed by atoms with Gasteiger partial charge in [-0.15, -0.1) is 0 Å². The van der Waals surface area contributed by atoms with Crippen molar-refractivity contribution in [1.29, 1.82) is 0 Å². The Balaban J connectivity index is 2.06. The van der Waals surface area contributed by atoms with Gasteiger partial charge in [-0.05, 0) is 24.3 Å². The Morgan fingerprint density at radius 3 is 2.90 bits per heavy atom. The molecular formula is C15H14ClN3O2. The molecule has 0 saturated heterocycles. The Hall–Kier alpha value is -2.29. The van der Waals surface area contributed by atoms with Crippen LogP contribution in [0.3, 0.4) is 0 Å². The molecule has 1 heterocycles. The van der Waals surface area contributed by atoms with E-state index in [0.29, 0.717) is 22.7 Å². The highest BCUT2D eigenvalue weighted by atomic mass is 35.5. The van der Waals surface area contributed by atoms with Crippen LogP contribution < -0.4 is 5.32 Å². The fourth-order valence-corrected chi connectivity index (χ4v) is 1.97.